The van der Waals surface area contributed by atoms with E-state index in [0.717, 1.165) is 25.8 Å². The van der Waals surface area contributed by atoms with Crippen LogP contribution < -0.4 is 10.6 Å². The largest absolute Gasteiger partial charge is 0.396 e. The molecule has 0 saturated carbocycles. The van der Waals surface area contributed by atoms with Crippen molar-refractivity contribution < 1.29 is 9.90 Å². The van der Waals surface area contributed by atoms with E-state index >= 15 is 0 Å². The van der Waals surface area contributed by atoms with Gasteiger partial charge in [-0.25, -0.2) is 0 Å². The summed E-state index contributed by atoms with van der Waals surface area (Å²) >= 11 is 0. The summed E-state index contributed by atoms with van der Waals surface area (Å²) < 4.78 is 0. The van der Waals surface area contributed by atoms with E-state index in [1.54, 1.807) is 0 Å². The van der Waals surface area contributed by atoms with Gasteiger partial charge in [0.1, 0.15) is 0 Å². The van der Waals surface area contributed by atoms with Gasteiger partial charge in [-0.2, -0.15) is 0 Å². The van der Waals surface area contributed by atoms with Crippen LogP contribution >= 0.6 is 0 Å². The number of carbonyl (C=O) groups is 1. The second-order valence-corrected chi connectivity index (χ2v) is 3.86. The molecule has 14 heavy (non-hydrogen) atoms. The molecule has 2 atom stereocenters. The lowest BCUT2D eigenvalue weighted by Gasteiger charge is -2.14. The van der Waals surface area contributed by atoms with Crippen LogP contribution in [0.1, 0.15) is 26.2 Å². The molecule has 0 bridgehead atoms. The Labute approximate surface area is 85.1 Å². The fraction of sp³-hybridized carbons (Fsp3) is 0.900. The van der Waals surface area contributed by atoms with Gasteiger partial charge in [-0.15, -0.1) is 0 Å². The molecule has 0 aromatic carbocycles. The van der Waals surface area contributed by atoms with E-state index in [9.17, 15) is 4.79 Å². The summed E-state index contributed by atoms with van der Waals surface area (Å²) in [7, 11) is 0. The van der Waals surface area contributed by atoms with Gasteiger partial charge in [0.2, 0.25) is 5.91 Å². The van der Waals surface area contributed by atoms with Gasteiger partial charge < -0.3 is 15.7 Å². The summed E-state index contributed by atoms with van der Waals surface area (Å²) in [6.45, 7) is 3.88. The minimum absolute atomic E-state index is 0.129. The van der Waals surface area contributed by atoms with Crippen LogP contribution in [0.3, 0.4) is 0 Å². The number of rotatable bonds is 5. The highest BCUT2D eigenvalue weighted by Gasteiger charge is 2.28. The van der Waals surface area contributed by atoms with Crippen molar-refractivity contribution in [2.75, 3.05) is 19.7 Å². The van der Waals surface area contributed by atoms with E-state index in [1.807, 2.05) is 6.92 Å². The maximum absolute atomic E-state index is 11.6. The van der Waals surface area contributed by atoms with Gasteiger partial charge in [0.05, 0.1) is 5.92 Å². The quantitative estimate of drug-likeness (QED) is 0.542. The van der Waals surface area contributed by atoms with Crippen molar-refractivity contribution in [2.45, 2.75) is 32.2 Å². The second kappa shape index (κ2) is 5.98. The first kappa shape index (κ1) is 11.5. The average molecular weight is 200 g/mol. The molecule has 0 aromatic rings. The SMILES string of the molecule is CC1NCCC1C(=O)NCCCCO. The van der Waals surface area contributed by atoms with Crippen molar-refractivity contribution in [3.05, 3.63) is 0 Å². The van der Waals surface area contributed by atoms with Crippen LogP contribution in [0.5, 0.6) is 0 Å². The van der Waals surface area contributed by atoms with Crippen LogP contribution in [-0.2, 0) is 4.79 Å². The van der Waals surface area contributed by atoms with Crippen molar-refractivity contribution >= 4 is 5.91 Å². The van der Waals surface area contributed by atoms with Crippen molar-refractivity contribution in [3.8, 4) is 0 Å². The molecular formula is C10H20N2O2. The Balaban J connectivity index is 2.14. The molecule has 0 radical (unpaired) electrons. The number of hydrogen-bond donors (Lipinski definition) is 3. The molecule has 2 unspecified atom stereocenters. The van der Waals surface area contributed by atoms with E-state index in [1.165, 1.54) is 0 Å². The monoisotopic (exact) mass is 200 g/mol. The number of aliphatic hydroxyl groups excluding tert-OH is 1. The predicted molar refractivity (Wildman–Crippen MR) is 54.9 cm³/mol. The van der Waals surface area contributed by atoms with Gasteiger partial charge in [-0.05, 0) is 32.7 Å². The molecule has 1 aliphatic heterocycles. The molecule has 0 aliphatic carbocycles. The normalized spacial score (nSPS) is 26.4. The van der Waals surface area contributed by atoms with E-state index in [-0.39, 0.29) is 18.4 Å². The maximum atomic E-state index is 11.6. The summed E-state index contributed by atoms with van der Waals surface area (Å²) in [6.07, 6.45) is 2.56. The van der Waals surface area contributed by atoms with Crippen molar-refractivity contribution in [1.29, 1.82) is 0 Å². The minimum atomic E-state index is 0.129. The second-order valence-electron chi connectivity index (χ2n) is 3.86. The van der Waals surface area contributed by atoms with Gasteiger partial charge in [0, 0.05) is 19.2 Å². The summed E-state index contributed by atoms with van der Waals surface area (Å²) in [5, 5.41) is 14.7. The molecule has 1 fully saturated rings. The smallest absolute Gasteiger partial charge is 0.224 e. The number of amides is 1. The summed E-state index contributed by atoms with van der Waals surface area (Å²) in [4.78, 5) is 11.6. The molecule has 1 amide bonds. The third-order valence-electron chi connectivity index (χ3n) is 2.75. The van der Waals surface area contributed by atoms with E-state index < -0.39 is 0 Å². The molecule has 4 nitrogen and oxygen atoms in total. The highest BCUT2D eigenvalue weighted by atomic mass is 16.2. The Hall–Kier alpha value is -0.610. The lowest BCUT2D eigenvalue weighted by molar-refractivity contribution is -0.125. The summed E-state index contributed by atoms with van der Waals surface area (Å²) in [5.41, 5.74) is 0. The molecular weight excluding hydrogens is 180 g/mol. The van der Waals surface area contributed by atoms with Crippen LogP contribution in [0.25, 0.3) is 0 Å². The van der Waals surface area contributed by atoms with Crippen molar-refractivity contribution in [2.24, 2.45) is 5.92 Å². The molecule has 82 valence electrons. The highest BCUT2D eigenvalue weighted by Crippen LogP contribution is 2.14. The van der Waals surface area contributed by atoms with Crippen LogP contribution in [0, 0.1) is 5.92 Å². The fourth-order valence-corrected chi connectivity index (χ4v) is 1.80. The number of carbonyl (C=O) groups excluding carboxylic acids is 1. The molecule has 1 heterocycles. The lowest BCUT2D eigenvalue weighted by atomic mass is 10.0. The van der Waals surface area contributed by atoms with Crippen LogP contribution in [0.4, 0.5) is 0 Å². The van der Waals surface area contributed by atoms with Crippen molar-refractivity contribution in [1.82, 2.24) is 10.6 Å². The van der Waals surface area contributed by atoms with E-state index in [2.05, 4.69) is 10.6 Å². The Bertz CT molecular complexity index is 185. The zero-order chi connectivity index (χ0) is 10.4. The first-order chi connectivity index (χ1) is 6.75. The molecule has 1 aliphatic rings. The third-order valence-corrected chi connectivity index (χ3v) is 2.75. The fourth-order valence-electron chi connectivity index (χ4n) is 1.80. The highest BCUT2D eigenvalue weighted by molar-refractivity contribution is 5.79. The average Bonchev–Trinajstić information content (AvgIpc) is 2.59. The van der Waals surface area contributed by atoms with Gasteiger partial charge in [-0.3, -0.25) is 4.79 Å². The lowest BCUT2D eigenvalue weighted by Crippen LogP contribution is -2.37. The first-order valence-electron chi connectivity index (χ1n) is 5.37. The summed E-state index contributed by atoms with van der Waals surface area (Å²) in [5.74, 6) is 0.282. The molecule has 3 N–H and O–H groups in total. The predicted octanol–water partition coefficient (Wildman–Crippen LogP) is -0.127. The number of aliphatic hydroxyl groups is 1. The zero-order valence-corrected chi connectivity index (χ0v) is 8.75. The number of nitrogens with one attached hydrogen (secondary N) is 2. The molecule has 1 saturated heterocycles. The maximum Gasteiger partial charge on any atom is 0.224 e. The van der Waals surface area contributed by atoms with E-state index in [4.69, 9.17) is 5.11 Å². The zero-order valence-electron chi connectivity index (χ0n) is 8.75. The Kier molecular flexibility index (Phi) is 4.90. The molecule has 0 spiro atoms. The first-order valence-corrected chi connectivity index (χ1v) is 5.37. The van der Waals surface area contributed by atoms with Crippen LogP contribution in [-0.4, -0.2) is 36.8 Å². The Morgan fingerprint density at radius 1 is 1.57 bits per heavy atom. The third kappa shape index (κ3) is 3.27. The Morgan fingerprint density at radius 3 is 2.93 bits per heavy atom. The van der Waals surface area contributed by atoms with Gasteiger partial charge in [0.15, 0.2) is 0 Å². The topological polar surface area (TPSA) is 61.4 Å². The molecule has 0 aromatic heterocycles. The standard InChI is InChI=1S/C10H20N2O2/c1-8-9(4-6-11-8)10(14)12-5-2-3-7-13/h8-9,11,13H,2-7H2,1H3,(H,12,14). The van der Waals surface area contributed by atoms with E-state index in [0.29, 0.717) is 12.6 Å². The summed E-state index contributed by atoms with van der Waals surface area (Å²) in [6, 6.07) is 0.299. The van der Waals surface area contributed by atoms with Crippen LogP contribution in [0.2, 0.25) is 0 Å². The number of hydrogen-bond acceptors (Lipinski definition) is 3. The van der Waals surface area contributed by atoms with Gasteiger partial charge >= 0.3 is 0 Å². The molecule has 1 rings (SSSR count). The van der Waals surface area contributed by atoms with Gasteiger partial charge in [-0.1, -0.05) is 0 Å². The molecule has 4 heteroatoms. The minimum Gasteiger partial charge on any atom is -0.396 e. The number of unbranched alkanes of at least 4 members (excludes halogenated alkanes) is 1. The van der Waals surface area contributed by atoms with Crippen LogP contribution in [0.15, 0.2) is 0 Å². The van der Waals surface area contributed by atoms with Crippen molar-refractivity contribution in [3.63, 3.8) is 0 Å². The Morgan fingerprint density at radius 2 is 2.36 bits per heavy atom. The van der Waals surface area contributed by atoms with Gasteiger partial charge in [0.25, 0.3) is 0 Å².